The molecule has 17 heavy (non-hydrogen) atoms. The highest BCUT2D eigenvalue weighted by atomic mass is 16.1. The van der Waals surface area contributed by atoms with Crippen molar-refractivity contribution in [3.8, 4) is 11.8 Å². The van der Waals surface area contributed by atoms with Crippen LogP contribution >= 0.6 is 0 Å². The van der Waals surface area contributed by atoms with Crippen molar-refractivity contribution in [3.63, 3.8) is 0 Å². The van der Waals surface area contributed by atoms with E-state index in [4.69, 9.17) is 0 Å². The van der Waals surface area contributed by atoms with Gasteiger partial charge in [-0.05, 0) is 19.4 Å². The maximum atomic E-state index is 11.7. The van der Waals surface area contributed by atoms with E-state index in [1.165, 1.54) is 0 Å². The summed E-state index contributed by atoms with van der Waals surface area (Å²) in [6.07, 6.45) is 1.67. The highest BCUT2D eigenvalue weighted by Gasteiger charge is 2.04. The van der Waals surface area contributed by atoms with Crippen LogP contribution < -0.4 is 5.56 Å². The summed E-state index contributed by atoms with van der Waals surface area (Å²) in [6.45, 7) is 7.72. The minimum absolute atomic E-state index is 0.0512. The molecule has 2 aromatic rings. The fourth-order valence-electron chi connectivity index (χ4n) is 1.72. The van der Waals surface area contributed by atoms with E-state index in [1.807, 2.05) is 39.0 Å². The average Bonchev–Trinajstić information content (AvgIpc) is 2.35. The first-order valence-corrected chi connectivity index (χ1v) is 5.78. The smallest absolute Gasteiger partial charge is 0.256 e. The second-order valence-electron chi connectivity index (χ2n) is 3.40. The van der Waals surface area contributed by atoms with Gasteiger partial charge in [0.25, 0.3) is 5.56 Å². The molecule has 0 aliphatic rings. The Morgan fingerprint density at radius 2 is 1.94 bits per heavy atom. The van der Waals surface area contributed by atoms with Crippen molar-refractivity contribution in [2.24, 2.45) is 0 Å². The Kier molecular flexibility index (Phi) is 4.54. The largest absolute Gasteiger partial charge is 0.327 e. The lowest BCUT2D eigenvalue weighted by molar-refractivity contribution is 1.26. The molecular formula is C15H17NO. The molecule has 1 N–H and O–H groups in total. The molecule has 0 fully saturated rings. The maximum absolute atomic E-state index is 11.7. The highest BCUT2D eigenvalue weighted by Crippen LogP contribution is 2.16. The summed E-state index contributed by atoms with van der Waals surface area (Å²) >= 11 is 0. The molecule has 0 spiro atoms. The van der Waals surface area contributed by atoms with Gasteiger partial charge in [-0.15, -0.1) is 5.92 Å². The third-order valence-electron chi connectivity index (χ3n) is 2.40. The van der Waals surface area contributed by atoms with Crippen molar-refractivity contribution in [2.75, 3.05) is 0 Å². The van der Waals surface area contributed by atoms with E-state index in [-0.39, 0.29) is 5.56 Å². The SMILES string of the molecule is CC.CC#Cc1c[nH]c(=O)c2c(C)cccc12. The van der Waals surface area contributed by atoms with Crippen LogP contribution in [0.5, 0.6) is 0 Å². The molecule has 2 heteroatoms. The molecule has 1 heterocycles. The van der Waals surface area contributed by atoms with E-state index < -0.39 is 0 Å². The fraction of sp³-hybridized carbons (Fsp3) is 0.267. The molecule has 0 saturated heterocycles. The summed E-state index contributed by atoms with van der Waals surface area (Å²) in [6, 6.07) is 5.80. The number of nitrogens with one attached hydrogen (secondary N) is 1. The summed E-state index contributed by atoms with van der Waals surface area (Å²) in [5.74, 6) is 5.83. The number of fused-ring (bicyclic) bond motifs is 1. The molecule has 0 saturated carbocycles. The Morgan fingerprint density at radius 1 is 1.24 bits per heavy atom. The third kappa shape index (κ3) is 2.57. The second-order valence-corrected chi connectivity index (χ2v) is 3.40. The molecule has 0 unspecified atom stereocenters. The van der Waals surface area contributed by atoms with E-state index in [9.17, 15) is 4.79 Å². The summed E-state index contributed by atoms with van der Waals surface area (Å²) in [4.78, 5) is 14.4. The zero-order valence-electron chi connectivity index (χ0n) is 10.7. The average molecular weight is 227 g/mol. The van der Waals surface area contributed by atoms with E-state index in [0.29, 0.717) is 0 Å². The number of rotatable bonds is 0. The van der Waals surface area contributed by atoms with Crippen LogP contribution in [0.1, 0.15) is 31.9 Å². The van der Waals surface area contributed by atoms with Crippen LogP contribution in [-0.2, 0) is 0 Å². The van der Waals surface area contributed by atoms with Gasteiger partial charge in [0.1, 0.15) is 0 Å². The van der Waals surface area contributed by atoms with Crippen molar-refractivity contribution < 1.29 is 0 Å². The Balaban J connectivity index is 0.000000686. The van der Waals surface area contributed by atoms with Crippen LogP contribution in [0, 0.1) is 18.8 Å². The van der Waals surface area contributed by atoms with Crippen LogP contribution in [-0.4, -0.2) is 4.98 Å². The lowest BCUT2D eigenvalue weighted by Crippen LogP contribution is -2.07. The molecule has 0 amide bonds. The van der Waals surface area contributed by atoms with Crippen molar-refractivity contribution in [1.82, 2.24) is 4.98 Å². The van der Waals surface area contributed by atoms with E-state index in [0.717, 1.165) is 21.9 Å². The Labute approximate surface area is 102 Å². The lowest BCUT2D eigenvalue weighted by atomic mass is 10.0. The minimum atomic E-state index is -0.0512. The van der Waals surface area contributed by atoms with Gasteiger partial charge in [-0.2, -0.15) is 0 Å². The molecule has 2 rings (SSSR count). The number of benzene rings is 1. The van der Waals surface area contributed by atoms with Crippen LogP contribution in [0.4, 0.5) is 0 Å². The Morgan fingerprint density at radius 3 is 2.59 bits per heavy atom. The van der Waals surface area contributed by atoms with Crippen LogP contribution in [0.2, 0.25) is 0 Å². The van der Waals surface area contributed by atoms with E-state index in [2.05, 4.69) is 16.8 Å². The topological polar surface area (TPSA) is 32.9 Å². The molecule has 88 valence electrons. The molecular weight excluding hydrogens is 210 g/mol. The number of pyridine rings is 1. The molecule has 2 nitrogen and oxygen atoms in total. The van der Waals surface area contributed by atoms with E-state index >= 15 is 0 Å². The van der Waals surface area contributed by atoms with Gasteiger partial charge in [-0.25, -0.2) is 0 Å². The van der Waals surface area contributed by atoms with Gasteiger partial charge < -0.3 is 4.98 Å². The van der Waals surface area contributed by atoms with Crippen LogP contribution in [0.25, 0.3) is 10.8 Å². The van der Waals surface area contributed by atoms with Gasteiger partial charge in [0.15, 0.2) is 0 Å². The quantitative estimate of drug-likeness (QED) is 0.689. The second kappa shape index (κ2) is 5.91. The fourth-order valence-corrected chi connectivity index (χ4v) is 1.72. The van der Waals surface area contributed by atoms with Gasteiger partial charge in [0.2, 0.25) is 0 Å². The Hall–Kier alpha value is -2.01. The normalized spacial score (nSPS) is 8.94. The summed E-state index contributed by atoms with van der Waals surface area (Å²) < 4.78 is 0. The number of aromatic nitrogens is 1. The van der Waals surface area contributed by atoms with Crippen LogP contribution in [0.15, 0.2) is 29.2 Å². The molecule has 1 aromatic carbocycles. The molecule has 0 radical (unpaired) electrons. The van der Waals surface area contributed by atoms with Crippen LogP contribution in [0.3, 0.4) is 0 Å². The number of hydrogen-bond donors (Lipinski definition) is 1. The van der Waals surface area contributed by atoms with Gasteiger partial charge in [0.05, 0.1) is 5.39 Å². The monoisotopic (exact) mass is 227 g/mol. The van der Waals surface area contributed by atoms with Crippen molar-refractivity contribution in [3.05, 3.63) is 45.9 Å². The van der Waals surface area contributed by atoms with Crippen molar-refractivity contribution in [2.45, 2.75) is 27.7 Å². The summed E-state index contributed by atoms with van der Waals surface area (Å²) in [5.41, 5.74) is 1.80. The number of aryl methyl sites for hydroxylation is 1. The summed E-state index contributed by atoms with van der Waals surface area (Å²) in [5, 5.41) is 1.66. The van der Waals surface area contributed by atoms with Gasteiger partial charge in [0, 0.05) is 17.1 Å². The first kappa shape index (κ1) is 13.1. The van der Waals surface area contributed by atoms with Gasteiger partial charge >= 0.3 is 0 Å². The predicted molar refractivity (Wildman–Crippen MR) is 73.2 cm³/mol. The third-order valence-corrected chi connectivity index (χ3v) is 2.40. The molecule has 0 aliphatic heterocycles. The molecule has 0 aliphatic carbocycles. The number of hydrogen-bond acceptors (Lipinski definition) is 1. The maximum Gasteiger partial charge on any atom is 0.256 e. The standard InChI is InChI=1S/C13H11NO.C2H6/c1-3-5-10-8-14-13(15)12-9(2)6-4-7-11(10)12;1-2/h4,6-8H,1-2H3,(H,14,15);1-2H3. The molecule has 0 bridgehead atoms. The van der Waals surface area contributed by atoms with E-state index in [1.54, 1.807) is 13.1 Å². The minimum Gasteiger partial charge on any atom is -0.327 e. The van der Waals surface area contributed by atoms with Gasteiger partial charge in [-0.3, -0.25) is 4.79 Å². The lowest BCUT2D eigenvalue weighted by Gasteiger charge is -2.02. The first-order chi connectivity index (χ1) is 8.24. The van der Waals surface area contributed by atoms with Crippen molar-refractivity contribution >= 4 is 10.8 Å². The zero-order chi connectivity index (χ0) is 12.8. The summed E-state index contributed by atoms with van der Waals surface area (Å²) in [7, 11) is 0. The number of aromatic amines is 1. The zero-order valence-corrected chi connectivity index (χ0v) is 10.7. The molecule has 0 atom stereocenters. The first-order valence-electron chi connectivity index (χ1n) is 5.78. The number of H-pyrrole nitrogens is 1. The molecule has 1 aromatic heterocycles. The van der Waals surface area contributed by atoms with Gasteiger partial charge in [-0.1, -0.05) is 38.0 Å². The Bertz CT molecular complexity index is 627. The highest BCUT2D eigenvalue weighted by molar-refractivity contribution is 5.89. The predicted octanol–water partition coefficient (Wildman–Crippen LogP) is 3.23. The van der Waals surface area contributed by atoms with Crippen molar-refractivity contribution in [1.29, 1.82) is 0 Å².